The number of benzene rings is 1. The van der Waals surface area contributed by atoms with Gasteiger partial charge in [-0.1, -0.05) is 29.3 Å². The maximum atomic E-state index is 12.1. The van der Waals surface area contributed by atoms with E-state index < -0.39 is 12.3 Å². The maximum Gasteiger partial charge on any atom is 0.360 e. The lowest BCUT2D eigenvalue weighted by molar-refractivity contribution is -0.162. The minimum absolute atomic E-state index is 0.0489. The summed E-state index contributed by atoms with van der Waals surface area (Å²) in [6.45, 7) is 2.76. The number of nitrogens with zero attached hydrogens (tertiary/aromatic N) is 1. The van der Waals surface area contributed by atoms with E-state index in [2.05, 4.69) is 11.1 Å². The number of esters is 1. The molecule has 1 fully saturated rings. The van der Waals surface area contributed by atoms with Gasteiger partial charge in [0.25, 0.3) is 0 Å². The van der Waals surface area contributed by atoms with Crippen LogP contribution in [0.5, 0.6) is 5.75 Å². The SMILES string of the molecule is C#CCOc1ccccc1/C=C/C(=N/OC1CCCCO1)C(=O)OCC. The molecule has 0 radical (unpaired) electrons. The Hall–Kier alpha value is -2.78. The molecule has 1 heterocycles. The van der Waals surface area contributed by atoms with E-state index in [0.29, 0.717) is 12.4 Å². The largest absolute Gasteiger partial charge is 0.480 e. The van der Waals surface area contributed by atoms with Gasteiger partial charge in [-0.25, -0.2) is 4.79 Å². The Balaban J connectivity index is 2.14. The summed E-state index contributed by atoms with van der Waals surface area (Å²) in [6, 6.07) is 7.34. The van der Waals surface area contributed by atoms with Crippen LogP contribution in [0, 0.1) is 12.3 Å². The number of rotatable bonds is 8. The molecule has 1 atom stereocenters. The van der Waals surface area contributed by atoms with E-state index in [9.17, 15) is 4.79 Å². The molecule has 2 rings (SSSR count). The van der Waals surface area contributed by atoms with Crippen molar-refractivity contribution in [1.29, 1.82) is 0 Å². The van der Waals surface area contributed by atoms with Gasteiger partial charge in [0, 0.05) is 12.0 Å². The molecule has 0 aromatic heterocycles. The highest BCUT2D eigenvalue weighted by molar-refractivity contribution is 6.41. The van der Waals surface area contributed by atoms with Crippen LogP contribution in [0.15, 0.2) is 35.5 Å². The molecule has 26 heavy (non-hydrogen) atoms. The predicted molar refractivity (Wildman–Crippen MR) is 98.5 cm³/mol. The highest BCUT2D eigenvalue weighted by Crippen LogP contribution is 2.19. The highest BCUT2D eigenvalue weighted by atomic mass is 16.8. The Morgan fingerprint density at radius 3 is 3.00 bits per heavy atom. The number of carbonyl (C=O) groups is 1. The van der Waals surface area contributed by atoms with Crippen LogP contribution in [0.3, 0.4) is 0 Å². The van der Waals surface area contributed by atoms with E-state index in [-0.39, 0.29) is 18.9 Å². The van der Waals surface area contributed by atoms with Crippen molar-refractivity contribution in [2.24, 2.45) is 5.16 Å². The van der Waals surface area contributed by atoms with Crippen molar-refractivity contribution in [1.82, 2.24) is 0 Å². The number of ether oxygens (including phenoxy) is 3. The molecule has 6 heteroatoms. The van der Waals surface area contributed by atoms with Gasteiger partial charge in [0.2, 0.25) is 6.29 Å². The van der Waals surface area contributed by atoms with E-state index in [1.165, 1.54) is 6.08 Å². The van der Waals surface area contributed by atoms with Crippen LogP contribution in [0.25, 0.3) is 6.08 Å². The first-order valence-corrected chi connectivity index (χ1v) is 8.60. The van der Waals surface area contributed by atoms with Crippen molar-refractivity contribution in [3.63, 3.8) is 0 Å². The molecule has 0 aliphatic carbocycles. The summed E-state index contributed by atoms with van der Waals surface area (Å²) in [7, 11) is 0. The number of para-hydroxylation sites is 1. The smallest absolute Gasteiger partial charge is 0.360 e. The van der Waals surface area contributed by atoms with Crippen molar-refractivity contribution in [2.45, 2.75) is 32.5 Å². The number of carbonyl (C=O) groups excluding carboxylic acids is 1. The Bertz CT molecular complexity index is 684. The lowest BCUT2D eigenvalue weighted by Crippen LogP contribution is -2.22. The fourth-order valence-electron chi connectivity index (χ4n) is 2.29. The predicted octanol–water partition coefficient (Wildman–Crippen LogP) is 3.17. The van der Waals surface area contributed by atoms with Gasteiger partial charge in [0.05, 0.1) is 13.2 Å². The molecule has 0 saturated carbocycles. The van der Waals surface area contributed by atoms with Crippen LogP contribution in [-0.4, -0.2) is 37.8 Å². The Morgan fingerprint density at radius 1 is 1.42 bits per heavy atom. The van der Waals surface area contributed by atoms with Gasteiger partial charge >= 0.3 is 5.97 Å². The van der Waals surface area contributed by atoms with E-state index in [4.69, 9.17) is 25.5 Å². The first kappa shape index (κ1) is 19.5. The molecule has 1 aliphatic heterocycles. The van der Waals surface area contributed by atoms with Crippen molar-refractivity contribution in [2.75, 3.05) is 19.8 Å². The normalized spacial score (nSPS) is 17.5. The molecule has 0 amide bonds. The van der Waals surface area contributed by atoms with Crippen LogP contribution in [-0.2, 0) is 19.1 Å². The summed E-state index contributed by atoms with van der Waals surface area (Å²) >= 11 is 0. The molecule has 1 aromatic carbocycles. The molecular weight excluding hydrogens is 334 g/mol. The summed E-state index contributed by atoms with van der Waals surface area (Å²) in [6.07, 6.45) is 10.8. The standard InChI is InChI=1S/C20H23NO5/c1-3-14-24-18-10-6-5-9-16(18)12-13-17(20(22)23-4-2)21-26-19-11-7-8-15-25-19/h1,5-6,9-10,12-13,19H,4,7-8,11,14-15H2,2H3/b13-12+,21-17-. The first-order valence-electron chi connectivity index (χ1n) is 8.60. The van der Waals surface area contributed by atoms with Gasteiger partial charge in [-0.2, -0.15) is 0 Å². The highest BCUT2D eigenvalue weighted by Gasteiger charge is 2.17. The Labute approximate surface area is 153 Å². The Kier molecular flexibility index (Phi) is 8.24. The quantitative estimate of drug-likeness (QED) is 0.309. The third-order valence-electron chi connectivity index (χ3n) is 3.54. The van der Waals surface area contributed by atoms with Crippen LogP contribution in [0.1, 0.15) is 31.7 Å². The second kappa shape index (κ2) is 11.0. The van der Waals surface area contributed by atoms with Gasteiger partial charge in [-0.15, -0.1) is 6.42 Å². The minimum Gasteiger partial charge on any atom is -0.480 e. The molecule has 138 valence electrons. The van der Waals surface area contributed by atoms with Crippen LogP contribution in [0.2, 0.25) is 0 Å². The second-order valence-electron chi connectivity index (χ2n) is 5.46. The molecule has 1 saturated heterocycles. The van der Waals surface area contributed by atoms with Gasteiger partial charge in [0.15, 0.2) is 5.71 Å². The second-order valence-corrected chi connectivity index (χ2v) is 5.46. The number of terminal acetylenes is 1. The average molecular weight is 357 g/mol. The average Bonchev–Trinajstić information content (AvgIpc) is 2.68. The first-order chi connectivity index (χ1) is 12.7. The van der Waals surface area contributed by atoms with Crippen molar-refractivity contribution in [3.05, 3.63) is 35.9 Å². The number of hydrogen-bond donors (Lipinski definition) is 0. The molecule has 0 N–H and O–H groups in total. The summed E-state index contributed by atoms with van der Waals surface area (Å²) in [5.74, 6) is 2.47. The summed E-state index contributed by atoms with van der Waals surface area (Å²) in [5, 5.41) is 3.93. The Morgan fingerprint density at radius 2 is 2.27 bits per heavy atom. The van der Waals surface area contributed by atoms with Crippen molar-refractivity contribution in [3.8, 4) is 18.1 Å². The molecular formula is C20H23NO5. The van der Waals surface area contributed by atoms with Crippen LogP contribution >= 0.6 is 0 Å². The number of hydrogen-bond acceptors (Lipinski definition) is 6. The molecule has 0 spiro atoms. The monoisotopic (exact) mass is 357 g/mol. The topological polar surface area (TPSA) is 66.3 Å². The number of oxime groups is 1. The lowest BCUT2D eigenvalue weighted by atomic mass is 10.1. The van der Waals surface area contributed by atoms with Crippen molar-refractivity contribution < 1.29 is 23.8 Å². The van der Waals surface area contributed by atoms with E-state index >= 15 is 0 Å². The molecule has 0 bridgehead atoms. The fourth-order valence-corrected chi connectivity index (χ4v) is 2.29. The minimum atomic E-state index is -0.568. The van der Waals surface area contributed by atoms with E-state index in [1.807, 2.05) is 18.2 Å². The zero-order valence-corrected chi connectivity index (χ0v) is 14.8. The van der Waals surface area contributed by atoms with Gasteiger partial charge in [-0.05, 0) is 38.0 Å². The maximum absolute atomic E-state index is 12.1. The molecule has 1 aromatic rings. The molecule has 1 unspecified atom stereocenters. The lowest BCUT2D eigenvalue weighted by Gasteiger charge is -2.20. The van der Waals surface area contributed by atoms with Crippen LogP contribution < -0.4 is 4.74 Å². The van der Waals surface area contributed by atoms with Crippen LogP contribution in [0.4, 0.5) is 0 Å². The summed E-state index contributed by atoms with van der Waals surface area (Å²) in [5.41, 5.74) is 0.807. The zero-order valence-electron chi connectivity index (χ0n) is 14.8. The summed E-state index contributed by atoms with van der Waals surface area (Å²) in [4.78, 5) is 17.5. The third-order valence-corrected chi connectivity index (χ3v) is 3.54. The fraction of sp³-hybridized carbons (Fsp3) is 0.400. The molecule has 1 aliphatic rings. The molecule has 6 nitrogen and oxygen atoms in total. The third kappa shape index (κ3) is 6.26. The van der Waals surface area contributed by atoms with Gasteiger partial charge in [-0.3, -0.25) is 0 Å². The van der Waals surface area contributed by atoms with Gasteiger partial charge in [0.1, 0.15) is 12.4 Å². The summed E-state index contributed by atoms with van der Waals surface area (Å²) < 4.78 is 16.0. The van der Waals surface area contributed by atoms with E-state index in [0.717, 1.165) is 24.8 Å². The van der Waals surface area contributed by atoms with Crippen molar-refractivity contribution >= 4 is 17.8 Å². The zero-order chi connectivity index (χ0) is 18.6. The van der Waals surface area contributed by atoms with Gasteiger partial charge < -0.3 is 19.0 Å². The van der Waals surface area contributed by atoms with E-state index in [1.54, 1.807) is 19.1 Å².